The molecular formula is C23H25N9O3. The summed E-state index contributed by atoms with van der Waals surface area (Å²) in [6.07, 6.45) is 6.82. The highest BCUT2D eigenvalue weighted by Crippen LogP contribution is 2.34. The Kier molecular flexibility index (Phi) is 5.73. The minimum Gasteiger partial charge on any atom is -0.384 e. The lowest BCUT2D eigenvalue weighted by Gasteiger charge is -2.33. The molecule has 5 rings (SSSR count). The molecule has 1 saturated heterocycles. The summed E-state index contributed by atoms with van der Waals surface area (Å²) in [7, 11) is 0. The molecule has 1 fully saturated rings. The third-order valence-corrected chi connectivity index (χ3v) is 6.33. The Morgan fingerprint density at radius 3 is 2.57 bits per heavy atom. The lowest BCUT2D eigenvalue weighted by molar-refractivity contribution is -0.140. The van der Waals surface area contributed by atoms with Gasteiger partial charge in [-0.25, -0.2) is 14.6 Å². The number of nitrogens with two attached hydrogens (primary N) is 1. The van der Waals surface area contributed by atoms with Gasteiger partial charge in [-0.2, -0.15) is 9.61 Å². The number of aromatic nitrogens is 7. The van der Waals surface area contributed by atoms with Crippen molar-refractivity contribution in [2.24, 2.45) is 0 Å². The minimum absolute atomic E-state index is 0.0604. The van der Waals surface area contributed by atoms with Crippen LogP contribution in [0.15, 0.2) is 36.9 Å². The second kappa shape index (κ2) is 8.87. The van der Waals surface area contributed by atoms with Crippen molar-refractivity contribution < 1.29 is 14.7 Å². The van der Waals surface area contributed by atoms with Crippen LogP contribution in [-0.4, -0.2) is 75.5 Å². The molecule has 3 N–H and O–H groups in total. The fourth-order valence-corrected chi connectivity index (χ4v) is 4.54. The zero-order valence-corrected chi connectivity index (χ0v) is 19.4. The van der Waals surface area contributed by atoms with Crippen LogP contribution in [0.3, 0.4) is 0 Å². The number of piperidine rings is 1. The number of pyridine rings is 1. The van der Waals surface area contributed by atoms with Crippen LogP contribution in [-0.2, 0) is 4.79 Å². The monoisotopic (exact) mass is 475 g/mol. The standard InChI is InChI=1S/C23H25N9O3/c1-13(33)19-20(15-5-8-30(9-6-15)23(35)14(2)34)28-22-17(12-27-32(22)21(19)24)16-3-4-18(25-11-16)31-10-7-26-29-31/h3-4,7,10-12,14-15,34H,5-6,8-9,24H2,1-2H3/t14-/m1/s1. The zero-order valence-electron chi connectivity index (χ0n) is 19.4. The van der Waals surface area contributed by atoms with Gasteiger partial charge in [0, 0.05) is 36.3 Å². The minimum atomic E-state index is -1.04. The number of ketones is 1. The molecule has 0 spiro atoms. The number of rotatable bonds is 5. The lowest BCUT2D eigenvalue weighted by atomic mass is 9.89. The van der Waals surface area contributed by atoms with Gasteiger partial charge >= 0.3 is 0 Å². The number of fused-ring (bicyclic) bond motifs is 1. The Labute approximate surface area is 200 Å². The molecule has 12 heteroatoms. The Morgan fingerprint density at radius 2 is 1.97 bits per heavy atom. The van der Waals surface area contributed by atoms with E-state index in [0.29, 0.717) is 48.7 Å². The molecule has 0 bridgehead atoms. The van der Waals surface area contributed by atoms with Crippen molar-refractivity contribution in [3.63, 3.8) is 0 Å². The van der Waals surface area contributed by atoms with Crippen molar-refractivity contribution in [3.8, 4) is 16.9 Å². The maximum atomic E-state index is 12.6. The summed E-state index contributed by atoms with van der Waals surface area (Å²) < 4.78 is 3.04. The van der Waals surface area contributed by atoms with Gasteiger partial charge in [0.15, 0.2) is 17.2 Å². The summed E-state index contributed by atoms with van der Waals surface area (Å²) in [4.78, 5) is 35.7. The first-order chi connectivity index (χ1) is 16.8. The third kappa shape index (κ3) is 4.01. The molecule has 0 aliphatic carbocycles. The number of aliphatic hydroxyl groups is 1. The second-order valence-electron chi connectivity index (χ2n) is 8.64. The highest BCUT2D eigenvalue weighted by atomic mass is 16.3. The Morgan fingerprint density at radius 1 is 1.20 bits per heavy atom. The van der Waals surface area contributed by atoms with E-state index in [0.717, 1.165) is 11.1 Å². The van der Waals surface area contributed by atoms with Crippen LogP contribution in [0.5, 0.6) is 0 Å². The molecule has 0 unspecified atom stereocenters. The average molecular weight is 476 g/mol. The zero-order chi connectivity index (χ0) is 24.7. The predicted octanol–water partition coefficient (Wildman–Crippen LogP) is 1.24. The topological polar surface area (TPSA) is 157 Å². The van der Waals surface area contributed by atoms with Crippen LogP contribution in [0.1, 0.15) is 48.7 Å². The number of amides is 1. The highest BCUT2D eigenvalue weighted by Gasteiger charge is 2.31. The summed E-state index contributed by atoms with van der Waals surface area (Å²) >= 11 is 0. The van der Waals surface area contributed by atoms with Crippen LogP contribution in [0.2, 0.25) is 0 Å². The van der Waals surface area contributed by atoms with Crippen molar-refractivity contribution in [1.29, 1.82) is 0 Å². The van der Waals surface area contributed by atoms with Crippen molar-refractivity contribution in [1.82, 2.24) is 39.5 Å². The van der Waals surface area contributed by atoms with Crippen LogP contribution >= 0.6 is 0 Å². The van der Waals surface area contributed by atoms with Gasteiger partial charge in [0.2, 0.25) is 0 Å². The second-order valence-corrected chi connectivity index (χ2v) is 8.64. The predicted molar refractivity (Wildman–Crippen MR) is 126 cm³/mol. The molecule has 1 atom stereocenters. The van der Waals surface area contributed by atoms with E-state index in [9.17, 15) is 14.7 Å². The van der Waals surface area contributed by atoms with E-state index in [1.165, 1.54) is 18.4 Å². The van der Waals surface area contributed by atoms with Crippen molar-refractivity contribution >= 4 is 23.2 Å². The molecule has 180 valence electrons. The van der Waals surface area contributed by atoms with Gasteiger partial charge in [0.05, 0.1) is 29.8 Å². The number of anilines is 1. The van der Waals surface area contributed by atoms with Crippen LogP contribution in [0.25, 0.3) is 22.6 Å². The summed E-state index contributed by atoms with van der Waals surface area (Å²) in [5.41, 5.74) is 9.44. The molecule has 1 aliphatic heterocycles. The number of carbonyl (C=O) groups excluding carboxylic acids is 2. The largest absolute Gasteiger partial charge is 0.384 e. The van der Waals surface area contributed by atoms with E-state index < -0.39 is 6.10 Å². The fraction of sp³-hybridized carbons (Fsp3) is 0.348. The summed E-state index contributed by atoms with van der Waals surface area (Å²) in [5, 5.41) is 21.8. The normalized spacial score (nSPS) is 15.5. The molecule has 0 saturated carbocycles. The van der Waals surface area contributed by atoms with Crippen molar-refractivity contribution in [2.75, 3.05) is 18.8 Å². The van der Waals surface area contributed by atoms with Gasteiger partial charge in [-0.1, -0.05) is 5.21 Å². The van der Waals surface area contributed by atoms with Gasteiger partial charge in [-0.05, 0) is 38.8 Å². The van der Waals surface area contributed by atoms with E-state index in [1.54, 1.807) is 34.4 Å². The molecule has 4 aromatic heterocycles. The van der Waals surface area contributed by atoms with Gasteiger partial charge in [-0.15, -0.1) is 5.10 Å². The Bertz CT molecular complexity index is 1390. The first-order valence-electron chi connectivity index (χ1n) is 11.3. The van der Waals surface area contributed by atoms with Gasteiger partial charge < -0.3 is 15.7 Å². The molecular weight excluding hydrogens is 450 g/mol. The summed E-state index contributed by atoms with van der Waals surface area (Å²) in [5.74, 6) is 0.310. The smallest absolute Gasteiger partial charge is 0.251 e. The number of Topliss-reactive ketones (excluding diaryl/α,β-unsaturated/α-hetero) is 1. The first kappa shape index (κ1) is 22.6. The summed E-state index contributed by atoms with van der Waals surface area (Å²) in [6.45, 7) is 3.87. The number of likely N-dealkylation sites (tertiary alicyclic amines) is 1. The molecule has 0 radical (unpaired) electrons. The van der Waals surface area contributed by atoms with Gasteiger partial charge in [-0.3, -0.25) is 9.59 Å². The maximum Gasteiger partial charge on any atom is 0.251 e. The van der Waals surface area contributed by atoms with Crippen LogP contribution in [0, 0.1) is 0 Å². The maximum absolute atomic E-state index is 12.6. The van der Waals surface area contributed by atoms with E-state index in [-0.39, 0.29) is 23.4 Å². The SMILES string of the molecule is CC(=O)c1c(C2CCN(C(=O)[C@@H](C)O)CC2)nc2c(-c3ccc(-n4ccnn4)nc3)cnn2c1N. The number of nitrogens with zero attached hydrogens (tertiary/aromatic N) is 8. The first-order valence-corrected chi connectivity index (χ1v) is 11.3. The van der Waals surface area contributed by atoms with E-state index in [4.69, 9.17) is 10.7 Å². The molecule has 1 amide bonds. The number of nitrogen functional groups attached to an aromatic ring is 1. The van der Waals surface area contributed by atoms with Gasteiger partial charge in [0.1, 0.15) is 11.9 Å². The quantitative estimate of drug-likeness (QED) is 0.405. The Balaban J connectivity index is 1.53. The van der Waals surface area contributed by atoms with E-state index in [2.05, 4.69) is 20.4 Å². The van der Waals surface area contributed by atoms with Crippen molar-refractivity contribution in [2.45, 2.75) is 38.7 Å². The number of hydrogen-bond acceptors (Lipinski definition) is 9. The van der Waals surface area contributed by atoms with Crippen LogP contribution < -0.4 is 5.73 Å². The molecule has 35 heavy (non-hydrogen) atoms. The lowest BCUT2D eigenvalue weighted by Crippen LogP contribution is -2.42. The van der Waals surface area contributed by atoms with Crippen LogP contribution in [0.4, 0.5) is 5.82 Å². The highest BCUT2D eigenvalue weighted by molar-refractivity contribution is 6.00. The van der Waals surface area contributed by atoms with Gasteiger partial charge in [0.25, 0.3) is 5.91 Å². The molecule has 4 aromatic rings. The summed E-state index contributed by atoms with van der Waals surface area (Å²) in [6, 6.07) is 3.70. The van der Waals surface area contributed by atoms with Crippen molar-refractivity contribution in [3.05, 3.63) is 48.2 Å². The molecule has 5 heterocycles. The van der Waals surface area contributed by atoms with E-state index in [1.807, 2.05) is 12.1 Å². The third-order valence-electron chi connectivity index (χ3n) is 6.33. The Hall–Kier alpha value is -4.19. The molecule has 1 aliphatic rings. The van der Waals surface area contributed by atoms with E-state index >= 15 is 0 Å². The number of carbonyl (C=O) groups is 2. The molecule has 0 aromatic carbocycles. The molecule has 12 nitrogen and oxygen atoms in total. The fourth-order valence-electron chi connectivity index (χ4n) is 4.54. The number of hydrogen-bond donors (Lipinski definition) is 2. The average Bonchev–Trinajstić information content (AvgIpc) is 3.54. The number of aliphatic hydroxyl groups excluding tert-OH is 1.